The number of rotatable bonds is 2. The second-order valence-corrected chi connectivity index (χ2v) is 5.77. The summed E-state index contributed by atoms with van der Waals surface area (Å²) in [5.41, 5.74) is 2.96. The lowest BCUT2D eigenvalue weighted by Crippen LogP contribution is -2.39. The van der Waals surface area contributed by atoms with Crippen LogP contribution in [0.15, 0.2) is 55.1 Å². The number of nitrogens with one attached hydrogen (secondary N) is 1. The summed E-state index contributed by atoms with van der Waals surface area (Å²) in [5, 5.41) is 0. The van der Waals surface area contributed by atoms with Crippen molar-refractivity contribution in [2.24, 2.45) is 0 Å². The Morgan fingerprint density at radius 3 is 2.88 bits per heavy atom. The summed E-state index contributed by atoms with van der Waals surface area (Å²) < 4.78 is 13.9. The maximum atomic E-state index is 13.9. The fourth-order valence-electron chi connectivity index (χ4n) is 3.14. The van der Waals surface area contributed by atoms with E-state index in [-0.39, 0.29) is 17.4 Å². The average molecular weight is 322 g/mol. The Morgan fingerprint density at radius 2 is 2.08 bits per heavy atom. The van der Waals surface area contributed by atoms with Gasteiger partial charge in [0.05, 0.1) is 36.0 Å². The number of hydrogen-bond acceptors (Lipinski definition) is 3. The normalized spacial score (nSPS) is 16.7. The summed E-state index contributed by atoms with van der Waals surface area (Å²) in [4.78, 5) is 25.6. The summed E-state index contributed by atoms with van der Waals surface area (Å²) in [5.74, 6) is -0.972. The predicted molar refractivity (Wildman–Crippen MR) is 85.8 cm³/mol. The van der Waals surface area contributed by atoms with Gasteiger partial charge in [0.25, 0.3) is 5.91 Å². The van der Waals surface area contributed by atoms with Crippen molar-refractivity contribution in [3.63, 3.8) is 0 Å². The molecule has 0 saturated carbocycles. The van der Waals surface area contributed by atoms with Crippen LogP contribution in [0.25, 0.3) is 0 Å². The molecule has 3 aromatic rings. The summed E-state index contributed by atoms with van der Waals surface area (Å²) in [6.45, 7) is 0.849. The SMILES string of the molecule is O=C(c1ccncc1F)N1Cc2[nH]cnc2C(c2ccccc2)C1. The molecule has 0 radical (unpaired) electrons. The van der Waals surface area contributed by atoms with Gasteiger partial charge in [0.15, 0.2) is 5.82 Å². The molecule has 1 N–H and O–H groups in total. The third kappa shape index (κ3) is 2.46. The molecule has 1 amide bonds. The number of imidazole rings is 1. The van der Waals surface area contributed by atoms with Crippen molar-refractivity contribution >= 4 is 5.91 Å². The van der Waals surface area contributed by atoms with E-state index >= 15 is 0 Å². The molecule has 120 valence electrons. The fraction of sp³-hybridized carbons (Fsp3) is 0.167. The molecule has 1 unspecified atom stereocenters. The molecule has 0 spiro atoms. The lowest BCUT2D eigenvalue weighted by atomic mass is 9.90. The van der Waals surface area contributed by atoms with Crippen molar-refractivity contribution in [1.82, 2.24) is 19.9 Å². The minimum atomic E-state index is -0.603. The maximum Gasteiger partial charge on any atom is 0.257 e. The Balaban J connectivity index is 1.70. The second kappa shape index (κ2) is 5.88. The van der Waals surface area contributed by atoms with E-state index in [1.54, 1.807) is 11.2 Å². The highest BCUT2D eigenvalue weighted by Crippen LogP contribution is 2.32. The average Bonchev–Trinajstić information content (AvgIpc) is 3.10. The molecular weight excluding hydrogens is 307 g/mol. The molecule has 24 heavy (non-hydrogen) atoms. The molecular formula is C18H15FN4O. The Bertz CT molecular complexity index is 877. The van der Waals surface area contributed by atoms with E-state index in [2.05, 4.69) is 15.0 Å². The van der Waals surface area contributed by atoms with E-state index in [9.17, 15) is 9.18 Å². The molecule has 0 fully saturated rings. The number of nitrogens with zero attached hydrogens (tertiary/aromatic N) is 3. The highest BCUT2D eigenvalue weighted by atomic mass is 19.1. The molecule has 4 rings (SSSR count). The second-order valence-electron chi connectivity index (χ2n) is 5.77. The van der Waals surface area contributed by atoms with Crippen molar-refractivity contribution in [2.45, 2.75) is 12.5 Å². The number of amides is 1. The zero-order valence-corrected chi connectivity index (χ0v) is 12.8. The van der Waals surface area contributed by atoms with Crippen molar-refractivity contribution in [2.75, 3.05) is 6.54 Å². The number of benzene rings is 1. The van der Waals surface area contributed by atoms with Crippen LogP contribution in [-0.4, -0.2) is 32.3 Å². The van der Waals surface area contributed by atoms with Crippen molar-refractivity contribution in [1.29, 1.82) is 0 Å². The minimum Gasteiger partial charge on any atom is -0.347 e. The van der Waals surface area contributed by atoms with E-state index in [1.165, 1.54) is 12.3 Å². The van der Waals surface area contributed by atoms with E-state index < -0.39 is 5.82 Å². The smallest absolute Gasteiger partial charge is 0.257 e. The number of carbonyl (C=O) groups is 1. The van der Waals surface area contributed by atoms with E-state index in [0.29, 0.717) is 13.1 Å². The first-order chi connectivity index (χ1) is 11.7. The van der Waals surface area contributed by atoms with Gasteiger partial charge in [-0.2, -0.15) is 0 Å². The summed E-state index contributed by atoms with van der Waals surface area (Å²) >= 11 is 0. The van der Waals surface area contributed by atoms with Crippen LogP contribution in [0.5, 0.6) is 0 Å². The molecule has 1 aliphatic heterocycles. The van der Waals surface area contributed by atoms with Gasteiger partial charge in [0.1, 0.15) is 0 Å². The van der Waals surface area contributed by atoms with Gasteiger partial charge in [-0.05, 0) is 11.6 Å². The van der Waals surface area contributed by atoms with Crippen molar-refractivity contribution in [3.8, 4) is 0 Å². The zero-order chi connectivity index (χ0) is 16.5. The number of carbonyl (C=O) groups excluding carboxylic acids is 1. The van der Waals surface area contributed by atoms with Crippen LogP contribution in [0.3, 0.4) is 0 Å². The standard InChI is InChI=1S/C18H15FN4O/c19-15-8-20-7-6-13(15)18(24)23-9-14(12-4-2-1-3-5-12)17-16(10-23)21-11-22-17/h1-8,11,14H,9-10H2,(H,21,22). The van der Waals surface area contributed by atoms with Crippen molar-refractivity contribution in [3.05, 3.63) is 83.5 Å². The first kappa shape index (κ1) is 14.6. The molecule has 1 aromatic carbocycles. The predicted octanol–water partition coefficient (Wildman–Crippen LogP) is 2.73. The maximum absolute atomic E-state index is 13.9. The van der Waals surface area contributed by atoms with E-state index in [4.69, 9.17) is 0 Å². The third-order valence-electron chi connectivity index (χ3n) is 4.33. The van der Waals surface area contributed by atoms with Crippen LogP contribution in [-0.2, 0) is 6.54 Å². The molecule has 1 atom stereocenters. The van der Waals surface area contributed by atoms with Gasteiger partial charge < -0.3 is 9.88 Å². The number of aromatic amines is 1. The van der Waals surface area contributed by atoms with Crippen LogP contribution in [0.1, 0.15) is 33.2 Å². The topological polar surface area (TPSA) is 61.9 Å². The Kier molecular flexibility index (Phi) is 3.57. The molecule has 5 nitrogen and oxygen atoms in total. The Hall–Kier alpha value is -3.02. The largest absolute Gasteiger partial charge is 0.347 e. The molecule has 0 aliphatic carbocycles. The van der Waals surface area contributed by atoms with E-state index in [1.807, 2.05) is 30.3 Å². The summed E-state index contributed by atoms with van der Waals surface area (Å²) in [7, 11) is 0. The molecule has 0 bridgehead atoms. The van der Waals surface area contributed by atoms with Gasteiger partial charge in [0, 0.05) is 18.7 Å². The number of halogens is 1. The summed E-state index contributed by atoms with van der Waals surface area (Å²) in [6.07, 6.45) is 4.13. The first-order valence-corrected chi connectivity index (χ1v) is 7.70. The monoisotopic (exact) mass is 322 g/mol. The van der Waals surface area contributed by atoms with Gasteiger partial charge in [-0.25, -0.2) is 9.37 Å². The number of hydrogen-bond donors (Lipinski definition) is 1. The van der Waals surface area contributed by atoms with Gasteiger partial charge in [-0.1, -0.05) is 30.3 Å². The molecule has 1 aliphatic rings. The molecule has 0 saturated heterocycles. The highest BCUT2D eigenvalue weighted by Gasteiger charge is 2.32. The molecule has 2 aromatic heterocycles. The Labute approximate surface area is 138 Å². The highest BCUT2D eigenvalue weighted by molar-refractivity contribution is 5.94. The number of fused-ring (bicyclic) bond motifs is 1. The number of aromatic nitrogens is 3. The minimum absolute atomic E-state index is 0.0324. The zero-order valence-electron chi connectivity index (χ0n) is 12.8. The Morgan fingerprint density at radius 1 is 1.25 bits per heavy atom. The number of pyridine rings is 1. The molecule has 6 heteroatoms. The third-order valence-corrected chi connectivity index (χ3v) is 4.33. The fourth-order valence-corrected chi connectivity index (χ4v) is 3.14. The van der Waals surface area contributed by atoms with Crippen LogP contribution in [0, 0.1) is 5.82 Å². The lowest BCUT2D eigenvalue weighted by Gasteiger charge is -2.32. The van der Waals surface area contributed by atoms with Gasteiger partial charge in [0.2, 0.25) is 0 Å². The molecule has 3 heterocycles. The lowest BCUT2D eigenvalue weighted by molar-refractivity contribution is 0.0717. The van der Waals surface area contributed by atoms with Crippen LogP contribution in [0.4, 0.5) is 4.39 Å². The van der Waals surface area contributed by atoms with Crippen LogP contribution >= 0.6 is 0 Å². The van der Waals surface area contributed by atoms with Gasteiger partial charge >= 0.3 is 0 Å². The van der Waals surface area contributed by atoms with Gasteiger partial charge in [-0.15, -0.1) is 0 Å². The first-order valence-electron chi connectivity index (χ1n) is 7.70. The summed E-state index contributed by atoms with van der Waals surface area (Å²) in [6, 6.07) is 11.3. The van der Waals surface area contributed by atoms with Gasteiger partial charge in [-0.3, -0.25) is 9.78 Å². The number of H-pyrrole nitrogens is 1. The van der Waals surface area contributed by atoms with E-state index in [0.717, 1.165) is 23.1 Å². The quantitative estimate of drug-likeness (QED) is 0.789. The van der Waals surface area contributed by atoms with Crippen LogP contribution in [0.2, 0.25) is 0 Å². The van der Waals surface area contributed by atoms with Crippen molar-refractivity contribution < 1.29 is 9.18 Å². The van der Waals surface area contributed by atoms with Crippen LogP contribution < -0.4 is 0 Å².